The number of hydrogen-bond donors (Lipinski definition) is 0. The van der Waals surface area contributed by atoms with Gasteiger partial charge >= 0.3 is 5.97 Å². The molecule has 206 valence electrons. The monoisotopic (exact) mass is 540 g/mol. The molecule has 1 aliphatic heterocycles. The van der Waals surface area contributed by atoms with Crippen molar-refractivity contribution in [3.8, 4) is 11.3 Å². The van der Waals surface area contributed by atoms with Crippen LogP contribution in [0.25, 0.3) is 27.9 Å². The number of aromatic nitrogens is 5. The predicted molar refractivity (Wildman–Crippen MR) is 151 cm³/mol. The zero-order chi connectivity index (χ0) is 27.6. The summed E-state index contributed by atoms with van der Waals surface area (Å²) >= 11 is 0. The minimum absolute atomic E-state index is 0.0684. The van der Waals surface area contributed by atoms with Crippen molar-refractivity contribution < 1.29 is 19.0 Å². The van der Waals surface area contributed by atoms with Crippen LogP contribution in [0.15, 0.2) is 67.1 Å². The minimum atomic E-state index is -0.451. The van der Waals surface area contributed by atoms with E-state index in [0.29, 0.717) is 36.7 Å². The number of carbonyl (C=O) groups excluding carboxylic acids is 1. The fourth-order valence-electron chi connectivity index (χ4n) is 5.43. The largest absolute Gasteiger partial charge is 0.462 e. The average molecular weight is 541 g/mol. The van der Waals surface area contributed by atoms with Gasteiger partial charge in [-0.15, -0.1) is 0 Å². The Morgan fingerprint density at radius 3 is 2.83 bits per heavy atom. The number of anilines is 1. The number of carbonyl (C=O) groups is 1. The first-order valence-corrected chi connectivity index (χ1v) is 13.5. The van der Waals surface area contributed by atoms with Crippen molar-refractivity contribution in [2.24, 2.45) is 0 Å². The van der Waals surface area contributed by atoms with Gasteiger partial charge in [-0.1, -0.05) is 30.3 Å². The first-order chi connectivity index (χ1) is 19.6. The fourth-order valence-corrected chi connectivity index (χ4v) is 5.43. The van der Waals surface area contributed by atoms with E-state index in [1.54, 1.807) is 24.7 Å². The van der Waals surface area contributed by atoms with Gasteiger partial charge in [-0.05, 0) is 31.0 Å². The molecule has 1 saturated heterocycles. The molecule has 5 heterocycles. The van der Waals surface area contributed by atoms with Crippen LogP contribution in [0.4, 0.5) is 5.82 Å². The number of rotatable bonds is 8. The third kappa shape index (κ3) is 4.69. The van der Waals surface area contributed by atoms with Gasteiger partial charge in [0.05, 0.1) is 31.1 Å². The zero-order valence-corrected chi connectivity index (χ0v) is 22.9. The molecule has 10 heteroatoms. The van der Waals surface area contributed by atoms with Crippen LogP contribution in [-0.4, -0.2) is 70.2 Å². The highest BCUT2D eigenvalue weighted by molar-refractivity contribution is 5.98. The second-order valence-corrected chi connectivity index (χ2v) is 9.89. The summed E-state index contributed by atoms with van der Waals surface area (Å²) in [4.78, 5) is 24.7. The molecule has 40 heavy (non-hydrogen) atoms. The second-order valence-electron chi connectivity index (χ2n) is 9.89. The summed E-state index contributed by atoms with van der Waals surface area (Å²) < 4.78 is 20.7. The smallest absolute Gasteiger partial charge is 0.343 e. The molecule has 0 radical (unpaired) electrons. The number of ether oxygens (including phenoxy) is 3. The summed E-state index contributed by atoms with van der Waals surface area (Å²) in [6, 6.07) is 16.3. The van der Waals surface area contributed by atoms with E-state index in [0.717, 1.165) is 34.4 Å². The number of fused-ring (bicyclic) bond motifs is 2. The Morgan fingerprint density at radius 2 is 2.02 bits per heavy atom. The van der Waals surface area contributed by atoms with Gasteiger partial charge in [0.15, 0.2) is 5.65 Å². The van der Waals surface area contributed by atoms with Crippen molar-refractivity contribution in [1.29, 1.82) is 0 Å². The van der Waals surface area contributed by atoms with Crippen LogP contribution in [0.2, 0.25) is 0 Å². The Morgan fingerprint density at radius 1 is 1.18 bits per heavy atom. The molecule has 0 spiro atoms. The minimum Gasteiger partial charge on any atom is -0.462 e. The highest BCUT2D eigenvalue weighted by atomic mass is 16.5. The van der Waals surface area contributed by atoms with Gasteiger partial charge in [0.1, 0.15) is 23.1 Å². The maximum absolute atomic E-state index is 12.9. The van der Waals surface area contributed by atoms with E-state index in [-0.39, 0.29) is 18.8 Å². The first kappa shape index (κ1) is 26.0. The normalized spacial score (nSPS) is 17.4. The second kappa shape index (κ2) is 11.1. The summed E-state index contributed by atoms with van der Waals surface area (Å²) in [5.41, 5.74) is 4.40. The molecule has 2 atom stereocenters. The maximum Gasteiger partial charge on any atom is 0.343 e. The Labute approximate surface area is 232 Å². The zero-order valence-electron chi connectivity index (χ0n) is 22.9. The lowest BCUT2D eigenvalue weighted by molar-refractivity contribution is -0.0592. The van der Waals surface area contributed by atoms with Crippen LogP contribution in [0.3, 0.4) is 0 Å². The van der Waals surface area contributed by atoms with E-state index in [1.165, 1.54) is 6.20 Å². The molecule has 1 aromatic carbocycles. The van der Waals surface area contributed by atoms with Gasteiger partial charge < -0.3 is 23.7 Å². The lowest BCUT2D eigenvalue weighted by Crippen LogP contribution is -2.35. The highest BCUT2D eigenvalue weighted by Crippen LogP contribution is 2.36. The third-order valence-corrected chi connectivity index (χ3v) is 7.40. The van der Waals surface area contributed by atoms with Crippen LogP contribution < -0.4 is 4.90 Å². The molecule has 0 unspecified atom stereocenters. The van der Waals surface area contributed by atoms with Gasteiger partial charge in [0, 0.05) is 56.7 Å². The third-order valence-electron chi connectivity index (χ3n) is 7.40. The number of methoxy groups -OCH3 is 1. The van der Waals surface area contributed by atoms with Crippen LogP contribution in [0.5, 0.6) is 0 Å². The lowest BCUT2D eigenvalue weighted by Gasteiger charge is -2.31. The molecule has 0 N–H and O–H groups in total. The maximum atomic E-state index is 12.9. The summed E-state index contributed by atoms with van der Waals surface area (Å²) in [5, 5.41) is 5.51. The van der Waals surface area contributed by atoms with Crippen molar-refractivity contribution in [3.63, 3.8) is 0 Å². The Bertz CT molecular complexity index is 1650. The molecule has 5 aromatic rings. The lowest BCUT2D eigenvalue weighted by atomic mass is 10.1. The van der Waals surface area contributed by atoms with Crippen molar-refractivity contribution in [2.75, 3.05) is 38.9 Å². The molecule has 0 bridgehead atoms. The van der Waals surface area contributed by atoms with Gasteiger partial charge in [0.25, 0.3) is 0 Å². The number of hydrogen-bond acceptors (Lipinski definition) is 8. The molecule has 1 fully saturated rings. The van der Waals surface area contributed by atoms with Crippen molar-refractivity contribution >= 4 is 28.5 Å². The molecule has 10 nitrogen and oxygen atoms in total. The molecular formula is C30H32N6O4. The number of nitrogens with zero attached hydrogens (tertiary/aromatic N) is 6. The first-order valence-electron chi connectivity index (χ1n) is 13.5. The van der Waals surface area contributed by atoms with Crippen LogP contribution in [-0.2, 0) is 20.8 Å². The fraction of sp³-hybridized carbons (Fsp3) is 0.333. The Hall–Kier alpha value is -4.28. The molecular weight excluding hydrogens is 508 g/mol. The van der Waals surface area contributed by atoms with E-state index in [4.69, 9.17) is 24.2 Å². The van der Waals surface area contributed by atoms with Crippen LogP contribution in [0.1, 0.15) is 35.3 Å². The summed E-state index contributed by atoms with van der Waals surface area (Å²) in [5.74, 6) is 0.345. The quantitative estimate of drug-likeness (QED) is 0.265. The number of benzene rings is 1. The molecule has 0 saturated carbocycles. The molecule has 0 aliphatic carbocycles. The standard InChI is InChI=1S/C30H32N6O4/c1-4-40-30(37)22-16-32-36-27(34(2)17-20-9-6-5-7-10-20)15-24(33-29(22)36)23-18-35(28-21(23)11-8-13-31-28)25-12-14-39-19-26(25)38-3/h5-11,13,15-16,18,25-26H,4,12,14,17,19H2,1-3H3/t25-,26+/m0/s1. The summed E-state index contributed by atoms with van der Waals surface area (Å²) in [7, 11) is 3.72. The molecule has 1 aliphatic rings. The predicted octanol–water partition coefficient (Wildman–Crippen LogP) is 4.54. The van der Waals surface area contributed by atoms with Gasteiger partial charge in [-0.3, -0.25) is 0 Å². The van der Waals surface area contributed by atoms with Crippen LogP contribution >= 0.6 is 0 Å². The topological polar surface area (TPSA) is 96.0 Å². The Balaban J connectivity index is 1.53. The van der Waals surface area contributed by atoms with Crippen molar-refractivity contribution in [2.45, 2.75) is 32.0 Å². The number of pyridine rings is 1. The van der Waals surface area contributed by atoms with Gasteiger partial charge in [-0.25, -0.2) is 14.8 Å². The van der Waals surface area contributed by atoms with Crippen LogP contribution in [0, 0.1) is 0 Å². The van der Waals surface area contributed by atoms with Crippen molar-refractivity contribution in [1.82, 2.24) is 24.1 Å². The summed E-state index contributed by atoms with van der Waals surface area (Å²) in [6.45, 7) is 3.88. The van der Waals surface area contributed by atoms with Crippen molar-refractivity contribution in [3.05, 3.63) is 78.2 Å². The SMILES string of the molecule is CCOC(=O)c1cnn2c(N(C)Cc3ccccc3)cc(-c3cn([C@H]4CCOC[C@H]4OC)c4ncccc34)nc12. The average Bonchev–Trinajstić information content (AvgIpc) is 3.59. The Kier molecular flexibility index (Phi) is 7.19. The van der Waals surface area contributed by atoms with Gasteiger partial charge in [0.2, 0.25) is 0 Å². The highest BCUT2D eigenvalue weighted by Gasteiger charge is 2.30. The van der Waals surface area contributed by atoms with E-state index < -0.39 is 5.97 Å². The van der Waals surface area contributed by atoms with Gasteiger partial charge in [-0.2, -0.15) is 9.61 Å². The van der Waals surface area contributed by atoms with E-state index in [1.807, 2.05) is 37.4 Å². The number of esters is 1. The molecule has 6 rings (SSSR count). The summed E-state index contributed by atoms with van der Waals surface area (Å²) in [6.07, 6.45) is 6.15. The van der Waals surface area contributed by atoms with E-state index in [9.17, 15) is 4.79 Å². The van der Waals surface area contributed by atoms with E-state index in [2.05, 4.69) is 39.0 Å². The molecule has 4 aromatic heterocycles. The van der Waals surface area contributed by atoms with E-state index >= 15 is 0 Å². The molecule has 0 amide bonds.